The van der Waals surface area contributed by atoms with E-state index in [4.69, 9.17) is 5.11 Å². The molecule has 0 aromatic heterocycles. The zero-order chi connectivity index (χ0) is 14.4. The van der Waals surface area contributed by atoms with Crippen molar-refractivity contribution < 1.29 is 19.1 Å². The average Bonchev–Trinajstić information content (AvgIpc) is 2.27. The third-order valence-corrected chi connectivity index (χ3v) is 2.81. The third-order valence-electron chi connectivity index (χ3n) is 2.81. The topological polar surface area (TPSA) is 66.4 Å². The number of hydrogen-bond acceptors (Lipinski definition) is 2. The van der Waals surface area contributed by atoms with Gasteiger partial charge in [0.2, 0.25) is 5.91 Å². The van der Waals surface area contributed by atoms with Crippen LogP contribution in [0.3, 0.4) is 0 Å². The van der Waals surface area contributed by atoms with E-state index in [0.717, 1.165) is 0 Å². The van der Waals surface area contributed by atoms with Gasteiger partial charge in [0.1, 0.15) is 5.82 Å². The zero-order valence-electron chi connectivity index (χ0n) is 11.0. The molecule has 104 valence electrons. The highest BCUT2D eigenvalue weighted by Gasteiger charge is 2.16. The van der Waals surface area contributed by atoms with Gasteiger partial charge in [-0.15, -0.1) is 0 Å². The van der Waals surface area contributed by atoms with Crippen molar-refractivity contribution >= 4 is 11.9 Å². The molecule has 19 heavy (non-hydrogen) atoms. The minimum absolute atomic E-state index is 0.0541. The van der Waals surface area contributed by atoms with Crippen LogP contribution < -0.4 is 5.32 Å². The summed E-state index contributed by atoms with van der Waals surface area (Å²) >= 11 is 0. The minimum Gasteiger partial charge on any atom is -0.481 e. The van der Waals surface area contributed by atoms with Crippen LogP contribution in [0.15, 0.2) is 24.3 Å². The number of nitrogens with one attached hydrogen (secondary N) is 1. The lowest BCUT2D eigenvalue weighted by atomic mass is 10.0. The first-order chi connectivity index (χ1) is 8.90. The number of carboxylic acid groups (broad SMARTS) is 1. The predicted octanol–water partition coefficient (Wildman–Crippen LogP) is 2.50. The number of hydrogen-bond donors (Lipinski definition) is 2. The van der Waals surface area contributed by atoms with Gasteiger partial charge in [-0.2, -0.15) is 0 Å². The van der Waals surface area contributed by atoms with Crippen molar-refractivity contribution in [3.05, 3.63) is 35.6 Å². The van der Waals surface area contributed by atoms with E-state index in [1.807, 2.05) is 0 Å². The lowest BCUT2D eigenvalue weighted by Crippen LogP contribution is -2.28. The van der Waals surface area contributed by atoms with E-state index in [1.54, 1.807) is 32.0 Å². The molecule has 5 heteroatoms. The summed E-state index contributed by atoms with van der Waals surface area (Å²) in [5.74, 6) is -1.81. The lowest BCUT2D eigenvalue weighted by Gasteiger charge is -2.16. The van der Waals surface area contributed by atoms with E-state index >= 15 is 0 Å². The number of halogens is 1. The second-order valence-electron chi connectivity index (χ2n) is 4.72. The molecule has 2 N–H and O–H groups in total. The number of rotatable bonds is 6. The van der Waals surface area contributed by atoms with Gasteiger partial charge in [-0.05, 0) is 18.9 Å². The van der Waals surface area contributed by atoms with Gasteiger partial charge in [-0.25, -0.2) is 4.39 Å². The standard InChI is InChI=1S/C14H18FNO3/c1-9(8-14(18)19)7-13(17)16-10(2)11-5-3-4-6-12(11)15/h3-6,9-10H,7-8H2,1-2H3,(H,16,17)(H,18,19). The van der Waals surface area contributed by atoms with Crippen molar-refractivity contribution in [3.63, 3.8) is 0 Å². The molecule has 1 rings (SSSR count). The van der Waals surface area contributed by atoms with Crippen molar-refractivity contribution in [1.29, 1.82) is 0 Å². The summed E-state index contributed by atoms with van der Waals surface area (Å²) in [5, 5.41) is 11.3. The fraction of sp³-hybridized carbons (Fsp3) is 0.429. The highest BCUT2D eigenvalue weighted by atomic mass is 19.1. The van der Waals surface area contributed by atoms with Crippen LogP contribution in [-0.4, -0.2) is 17.0 Å². The second kappa shape index (κ2) is 6.87. The Kier molecular flexibility index (Phi) is 5.48. The smallest absolute Gasteiger partial charge is 0.303 e. The molecule has 1 aromatic rings. The van der Waals surface area contributed by atoms with E-state index in [0.29, 0.717) is 5.56 Å². The maximum absolute atomic E-state index is 13.5. The predicted molar refractivity (Wildman–Crippen MR) is 69.0 cm³/mol. The number of amides is 1. The number of carbonyl (C=O) groups is 2. The number of benzene rings is 1. The van der Waals surface area contributed by atoms with Crippen molar-refractivity contribution in [3.8, 4) is 0 Å². The Labute approximate surface area is 111 Å². The SMILES string of the molecule is CC(CC(=O)O)CC(=O)NC(C)c1ccccc1F. The number of aliphatic carboxylic acids is 1. The zero-order valence-corrected chi connectivity index (χ0v) is 11.0. The molecular weight excluding hydrogens is 249 g/mol. The summed E-state index contributed by atoms with van der Waals surface area (Å²) in [6.45, 7) is 3.39. The van der Waals surface area contributed by atoms with Crippen LogP contribution in [0.5, 0.6) is 0 Å². The molecule has 0 heterocycles. The van der Waals surface area contributed by atoms with Gasteiger partial charge in [0, 0.05) is 18.4 Å². The van der Waals surface area contributed by atoms with Crippen LogP contribution in [0, 0.1) is 11.7 Å². The Bertz CT molecular complexity index is 462. The van der Waals surface area contributed by atoms with E-state index in [9.17, 15) is 14.0 Å². The molecule has 0 aliphatic rings. The molecule has 2 unspecified atom stereocenters. The maximum atomic E-state index is 13.5. The summed E-state index contributed by atoms with van der Waals surface area (Å²) in [6, 6.07) is 5.80. The lowest BCUT2D eigenvalue weighted by molar-refractivity contribution is -0.138. The molecule has 2 atom stereocenters. The first kappa shape index (κ1) is 15.1. The fourth-order valence-corrected chi connectivity index (χ4v) is 1.89. The molecule has 0 spiro atoms. The molecule has 0 bridgehead atoms. The summed E-state index contributed by atoms with van der Waals surface area (Å²) < 4.78 is 13.5. The molecule has 0 radical (unpaired) electrons. The van der Waals surface area contributed by atoms with Crippen LogP contribution in [-0.2, 0) is 9.59 Å². The van der Waals surface area contributed by atoms with Gasteiger partial charge in [0.15, 0.2) is 0 Å². The first-order valence-corrected chi connectivity index (χ1v) is 6.15. The molecule has 0 aliphatic carbocycles. The van der Waals surface area contributed by atoms with Crippen molar-refractivity contribution in [2.24, 2.45) is 5.92 Å². The Balaban J connectivity index is 2.53. The van der Waals surface area contributed by atoms with E-state index in [-0.39, 0.29) is 30.5 Å². The fourth-order valence-electron chi connectivity index (χ4n) is 1.89. The van der Waals surface area contributed by atoms with Gasteiger partial charge < -0.3 is 10.4 Å². The van der Waals surface area contributed by atoms with Crippen molar-refractivity contribution in [1.82, 2.24) is 5.32 Å². The van der Waals surface area contributed by atoms with E-state index < -0.39 is 12.0 Å². The molecule has 4 nitrogen and oxygen atoms in total. The van der Waals surface area contributed by atoms with Gasteiger partial charge in [0.05, 0.1) is 6.04 Å². The normalized spacial score (nSPS) is 13.6. The molecule has 0 saturated heterocycles. The van der Waals surface area contributed by atoms with E-state index in [2.05, 4.69) is 5.32 Å². The van der Waals surface area contributed by atoms with Crippen LogP contribution in [0.25, 0.3) is 0 Å². The number of carboxylic acids is 1. The molecule has 0 aliphatic heterocycles. The van der Waals surface area contributed by atoms with Crippen LogP contribution in [0.2, 0.25) is 0 Å². The monoisotopic (exact) mass is 267 g/mol. The molecule has 0 fully saturated rings. The van der Waals surface area contributed by atoms with Gasteiger partial charge in [0.25, 0.3) is 0 Å². The highest BCUT2D eigenvalue weighted by Crippen LogP contribution is 2.17. The summed E-state index contributed by atoms with van der Waals surface area (Å²) in [5.41, 5.74) is 0.418. The largest absolute Gasteiger partial charge is 0.481 e. The summed E-state index contributed by atoms with van der Waals surface area (Å²) in [4.78, 5) is 22.2. The van der Waals surface area contributed by atoms with Crippen LogP contribution >= 0.6 is 0 Å². The van der Waals surface area contributed by atoms with Crippen LogP contribution in [0.4, 0.5) is 4.39 Å². The van der Waals surface area contributed by atoms with Crippen molar-refractivity contribution in [2.75, 3.05) is 0 Å². The quantitative estimate of drug-likeness (QED) is 0.832. The van der Waals surface area contributed by atoms with Crippen LogP contribution in [0.1, 0.15) is 38.3 Å². The van der Waals surface area contributed by atoms with Crippen molar-refractivity contribution in [2.45, 2.75) is 32.7 Å². The molecular formula is C14H18FNO3. The molecule has 0 saturated carbocycles. The van der Waals surface area contributed by atoms with Gasteiger partial charge in [-0.3, -0.25) is 9.59 Å². The van der Waals surface area contributed by atoms with E-state index in [1.165, 1.54) is 6.07 Å². The first-order valence-electron chi connectivity index (χ1n) is 6.15. The molecule has 1 amide bonds. The summed E-state index contributed by atoms with van der Waals surface area (Å²) in [6.07, 6.45) is 0.0621. The molecule has 1 aromatic carbocycles. The Morgan fingerprint density at radius 3 is 2.47 bits per heavy atom. The van der Waals surface area contributed by atoms with Gasteiger partial charge in [-0.1, -0.05) is 25.1 Å². The second-order valence-corrected chi connectivity index (χ2v) is 4.72. The Hall–Kier alpha value is -1.91. The number of carbonyl (C=O) groups excluding carboxylic acids is 1. The minimum atomic E-state index is -0.928. The van der Waals surface area contributed by atoms with Gasteiger partial charge >= 0.3 is 5.97 Å². The summed E-state index contributed by atoms with van der Waals surface area (Å²) in [7, 11) is 0. The Morgan fingerprint density at radius 1 is 1.26 bits per heavy atom. The third kappa shape index (κ3) is 5.07. The average molecular weight is 267 g/mol. The maximum Gasteiger partial charge on any atom is 0.303 e. The highest BCUT2D eigenvalue weighted by molar-refractivity contribution is 5.77. The Morgan fingerprint density at radius 2 is 1.89 bits per heavy atom.